The molecule has 2 atom stereocenters. The molecule has 6 nitrogen and oxygen atoms in total. The smallest absolute Gasteiger partial charge is 0.319 e. The highest BCUT2D eigenvalue weighted by molar-refractivity contribution is 5.89. The second-order valence-corrected chi connectivity index (χ2v) is 8.92. The van der Waals surface area contributed by atoms with Crippen molar-refractivity contribution in [2.75, 3.05) is 26.1 Å². The van der Waals surface area contributed by atoms with Crippen molar-refractivity contribution < 1.29 is 18.7 Å². The summed E-state index contributed by atoms with van der Waals surface area (Å²) in [5.74, 6) is 1.06. The van der Waals surface area contributed by atoms with E-state index in [4.69, 9.17) is 9.47 Å². The minimum atomic E-state index is -0.292. The summed E-state index contributed by atoms with van der Waals surface area (Å²) in [6.07, 6.45) is 0.781. The maximum Gasteiger partial charge on any atom is 0.319 e. The van der Waals surface area contributed by atoms with Crippen LogP contribution in [0.15, 0.2) is 60.7 Å². The highest BCUT2D eigenvalue weighted by Gasteiger charge is 2.34. The largest absolute Gasteiger partial charge is 0.493 e. The number of hydrogen-bond donors (Lipinski definition) is 2. The van der Waals surface area contributed by atoms with Crippen molar-refractivity contribution in [3.05, 3.63) is 88.7 Å². The Morgan fingerprint density at radius 1 is 1.09 bits per heavy atom. The second-order valence-electron chi connectivity index (χ2n) is 8.92. The van der Waals surface area contributed by atoms with Crippen LogP contribution in [0, 0.1) is 12.7 Å². The quantitative estimate of drug-likeness (QED) is 0.474. The Morgan fingerprint density at radius 2 is 1.77 bits per heavy atom. The molecular formula is C28H32FN3O3. The van der Waals surface area contributed by atoms with E-state index < -0.39 is 0 Å². The first-order valence-electron chi connectivity index (χ1n) is 11.8. The van der Waals surface area contributed by atoms with E-state index in [0.29, 0.717) is 30.2 Å². The van der Waals surface area contributed by atoms with Gasteiger partial charge < -0.3 is 20.1 Å². The third-order valence-electron chi connectivity index (χ3n) is 6.50. The van der Waals surface area contributed by atoms with E-state index in [-0.39, 0.29) is 23.9 Å². The Labute approximate surface area is 206 Å². The number of benzene rings is 3. The monoisotopic (exact) mass is 477 g/mol. The zero-order chi connectivity index (χ0) is 24.9. The van der Waals surface area contributed by atoms with E-state index in [1.54, 1.807) is 26.4 Å². The Bertz CT molecular complexity index is 1180. The van der Waals surface area contributed by atoms with Crippen molar-refractivity contribution in [3.63, 3.8) is 0 Å². The SMILES string of the molecule is COc1cc2c(cc1OC)C(C(C)NC(=O)Nc1ccc(C)cc1)N(Cc1ccccc1F)CC2. The molecule has 2 amide bonds. The average Bonchev–Trinajstić information content (AvgIpc) is 2.85. The first kappa shape index (κ1) is 24.5. The Kier molecular flexibility index (Phi) is 7.56. The first-order valence-corrected chi connectivity index (χ1v) is 11.8. The molecule has 3 aromatic rings. The Hall–Kier alpha value is -3.58. The fraction of sp³-hybridized carbons (Fsp3) is 0.321. The number of urea groups is 1. The number of halogens is 1. The van der Waals surface area contributed by atoms with E-state index in [0.717, 1.165) is 28.8 Å². The molecule has 35 heavy (non-hydrogen) atoms. The Morgan fingerprint density at radius 3 is 2.46 bits per heavy atom. The molecule has 0 aliphatic carbocycles. The van der Waals surface area contributed by atoms with Gasteiger partial charge in [-0.15, -0.1) is 0 Å². The molecule has 3 aromatic carbocycles. The van der Waals surface area contributed by atoms with Gasteiger partial charge in [-0.05, 0) is 61.7 Å². The van der Waals surface area contributed by atoms with Gasteiger partial charge in [-0.2, -0.15) is 0 Å². The van der Waals surface area contributed by atoms with Gasteiger partial charge in [0.1, 0.15) is 5.82 Å². The molecule has 0 saturated carbocycles. The van der Waals surface area contributed by atoms with Crippen LogP contribution in [0.5, 0.6) is 11.5 Å². The molecule has 4 rings (SSSR count). The van der Waals surface area contributed by atoms with Crippen LogP contribution in [0.25, 0.3) is 0 Å². The molecule has 1 heterocycles. The second kappa shape index (κ2) is 10.8. The summed E-state index contributed by atoms with van der Waals surface area (Å²) >= 11 is 0. The van der Waals surface area contributed by atoms with E-state index in [1.165, 1.54) is 6.07 Å². The normalized spacial score (nSPS) is 16.2. The Balaban J connectivity index is 1.63. The number of amides is 2. The topological polar surface area (TPSA) is 62.8 Å². The van der Waals surface area contributed by atoms with Gasteiger partial charge in [-0.25, -0.2) is 9.18 Å². The minimum Gasteiger partial charge on any atom is -0.493 e. The zero-order valence-corrected chi connectivity index (χ0v) is 20.6. The van der Waals surface area contributed by atoms with Crippen LogP contribution in [0.3, 0.4) is 0 Å². The van der Waals surface area contributed by atoms with Crippen LogP contribution in [-0.4, -0.2) is 37.7 Å². The molecule has 1 aliphatic heterocycles. The maximum absolute atomic E-state index is 14.5. The van der Waals surface area contributed by atoms with Gasteiger partial charge in [-0.3, -0.25) is 4.90 Å². The average molecular weight is 478 g/mol. The van der Waals surface area contributed by atoms with Crippen molar-refractivity contribution in [1.29, 1.82) is 0 Å². The number of nitrogens with one attached hydrogen (secondary N) is 2. The summed E-state index contributed by atoms with van der Waals surface area (Å²) in [5.41, 5.74) is 4.63. The molecule has 184 valence electrons. The van der Waals surface area contributed by atoms with Crippen LogP contribution >= 0.6 is 0 Å². The summed E-state index contributed by atoms with van der Waals surface area (Å²) in [4.78, 5) is 15.1. The third kappa shape index (κ3) is 5.57. The van der Waals surface area contributed by atoms with Crippen LogP contribution in [0.1, 0.15) is 35.2 Å². The number of nitrogens with zero attached hydrogens (tertiary/aromatic N) is 1. The fourth-order valence-corrected chi connectivity index (χ4v) is 4.73. The van der Waals surface area contributed by atoms with Crippen molar-refractivity contribution in [3.8, 4) is 11.5 Å². The van der Waals surface area contributed by atoms with E-state index >= 15 is 0 Å². The number of carbonyl (C=O) groups excluding carboxylic acids is 1. The number of carbonyl (C=O) groups is 1. The van der Waals surface area contributed by atoms with Crippen molar-refractivity contribution in [2.45, 2.75) is 38.9 Å². The van der Waals surface area contributed by atoms with E-state index in [1.807, 2.05) is 56.3 Å². The van der Waals surface area contributed by atoms with Crippen LogP contribution in [0.2, 0.25) is 0 Å². The van der Waals surface area contributed by atoms with Gasteiger partial charge in [0.2, 0.25) is 0 Å². The van der Waals surface area contributed by atoms with Crippen molar-refractivity contribution in [1.82, 2.24) is 10.2 Å². The lowest BCUT2D eigenvalue weighted by atomic mass is 9.87. The number of hydrogen-bond acceptors (Lipinski definition) is 4. The fourth-order valence-electron chi connectivity index (χ4n) is 4.73. The van der Waals surface area contributed by atoms with Crippen molar-refractivity contribution in [2.24, 2.45) is 0 Å². The molecule has 2 N–H and O–H groups in total. The number of aryl methyl sites for hydroxylation is 1. The van der Waals surface area contributed by atoms with Crippen LogP contribution in [-0.2, 0) is 13.0 Å². The lowest BCUT2D eigenvalue weighted by molar-refractivity contribution is 0.143. The summed E-state index contributed by atoms with van der Waals surface area (Å²) in [6, 6.07) is 17.7. The molecule has 0 saturated heterocycles. The number of anilines is 1. The lowest BCUT2D eigenvalue weighted by Crippen LogP contribution is -2.48. The molecule has 0 radical (unpaired) electrons. The highest BCUT2D eigenvalue weighted by Crippen LogP contribution is 2.40. The molecule has 0 bridgehead atoms. The summed E-state index contributed by atoms with van der Waals surface area (Å²) in [6.45, 7) is 5.11. The van der Waals surface area contributed by atoms with Gasteiger partial charge in [-0.1, -0.05) is 35.9 Å². The molecule has 2 unspecified atom stereocenters. The van der Waals surface area contributed by atoms with Crippen LogP contribution in [0.4, 0.5) is 14.9 Å². The molecule has 0 fully saturated rings. The van der Waals surface area contributed by atoms with Gasteiger partial charge in [0.05, 0.1) is 20.3 Å². The standard InChI is InChI=1S/C28H32FN3O3/c1-18-9-11-22(12-10-18)31-28(33)30-19(2)27-23-16-26(35-4)25(34-3)15-20(23)13-14-32(27)17-21-7-5-6-8-24(21)29/h5-12,15-16,19,27H,13-14,17H2,1-4H3,(H2,30,31,33). The van der Waals surface area contributed by atoms with Gasteiger partial charge >= 0.3 is 6.03 Å². The third-order valence-corrected chi connectivity index (χ3v) is 6.50. The minimum absolute atomic E-state index is 0.193. The summed E-state index contributed by atoms with van der Waals surface area (Å²) in [5, 5.41) is 6.00. The van der Waals surface area contributed by atoms with Crippen molar-refractivity contribution >= 4 is 11.7 Å². The molecule has 1 aliphatic rings. The van der Waals surface area contributed by atoms with E-state index in [9.17, 15) is 9.18 Å². The maximum atomic E-state index is 14.5. The first-order chi connectivity index (χ1) is 16.9. The number of rotatable bonds is 7. The molecule has 0 aromatic heterocycles. The number of fused-ring (bicyclic) bond motifs is 1. The molecule has 0 spiro atoms. The predicted molar refractivity (Wildman–Crippen MR) is 136 cm³/mol. The highest BCUT2D eigenvalue weighted by atomic mass is 19.1. The predicted octanol–water partition coefficient (Wildman–Crippen LogP) is 5.46. The number of ether oxygens (including phenoxy) is 2. The number of methoxy groups -OCH3 is 2. The van der Waals surface area contributed by atoms with Gasteiger partial charge in [0.15, 0.2) is 11.5 Å². The summed E-state index contributed by atoms with van der Waals surface area (Å²) in [7, 11) is 3.23. The van der Waals surface area contributed by atoms with Gasteiger partial charge in [0, 0.05) is 30.4 Å². The van der Waals surface area contributed by atoms with Gasteiger partial charge in [0.25, 0.3) is 0 Å². The van der Waals surface area contributed by atoms with Crippen LogP contribution < -0.4 is 20.1 Å². The molecule has 7 heteroatoms. The molecular weight excluding hydrogens is 445 g/mol. The van der Waals surface area contributed by atoms with E-state index in [2.05, 4.69) is 15.5 Å². The summed E-state index contributed by atoms with van der Waals surface area (Å²) < 4.78 is 25.6. The zero-order valence-electron chi connectivity index (χ0n) is 20.6. The lowest BCUT2D eigenvalue weighted by Gasteiger charge is -2.41.